The minimum absolute atomic E-state index is 0.173. The molecule has 0 amide bonds. The minimum atomic E-state index is -4.46. The first-order valence-corrected chi connectivity index (χ1v) is 9.12. The molecule has 0 saturated carbocycles. The fourth-order valence-corrected chi connectivity index (χ4v) is 2.90. The summed E-state index contributed by atoms with van der Waals surface area (Å²) >= 11 is 6.08. The van der Waals surface area contributed by atoms with Crippen LogP contribution in [-0.4, -0.2) is 13.3 Å². The standard InChI is InChI=1S/C22H18ClF3N2O/c1-14(27-2)21(15-6-4-3-5-7-15)28-13-17-9-11-20(29-17)18-12-16(22(24,25)26)8-10-19(18)23/h3-13,27H,1-2H3/b21-14-,28-13+. The van der Waals surface area contributed by atoms with E-state index in [1.54, 1.807) is 19.2 Å². The summed E-state index contributed by atoms with van der Waals surface area (Å²) in [5.74, 6) is 0.629. The summed E-state index contributed by atoms with van der Waals surface area (Å²) in [5, 5.41) is 3.24. The summed E-state index contributed by atoms with van der Waals surface area (Å²) < 4.78 is 44.7. The van der Waals surface area contributed by atoms with E-state index in [0.29, 0.717) is 5.76 Å². The van der Waals surface area contributed by atoms with Gasteiger partial charge in [-0.05, 0) is 37.3 Å². The van der Waals surface area contributed by atoms with Gasteiger partial charge in [0.25, 0.3) is 0 Å². The molecule has 1 aromatic heterocycles. The molecule has 0 spiro atoms. The topological polar surface area (TPSA) is 37.5 Å². The molecule has 0 bridgehead atoms. The lowest BCUT2D eigenvalue weighted by atomic mass is 10.1. The first-order valence-electron chi connectivity index (χ1n) is 8.74. The third-order valence-electron chi connectivity index (χ3n) is 4.28. The third-order valence-corrected chi connectivity index (χ3v) is 4.61. The van der Waals surface area contributed by atoms with Crippen LogP contribution in [0.2, 0.25) is 5.02 Å². The van der Waals surface area contributed by atoms with Gasteiger partial charge in [0.1, 0.15) is 11.5 Å². The summed E-state index contributed by atoms with van der Waals surface area (Å²) in [6, 6.07) is 15.9. The lowest BCUT2D eigenvalue weighted by Gasteiger charge is -2.09. The second-order valence-electron chi connectivity index (χ2n) is 6.24. The van der Waals surface area contributed by atoms with Crippen molar-refractivity contribution < 1.29 is 17.6 Å². The molecule has 0 atom stereocenters. The molecule has 0 aliphatic rings. The van der Waals surface area contributed by atoms with Gasteiger partial charge in [-0.25, -0.2) is 0 Å². The van der Waals surface area contributed by atoms with E-state index in [2.05, 4.69) is 10.3 Å². The lowest BCUT2D eigenvalue weighted by Crippen LogP contribution is -2.04. The summed E-state index contributed by atoms with van der Waals surface area (Å²) in [4.78, 5) is 4.51. The van der Waals surface area contributed by atoms with Gasteiger partial charge in [-0.15, -0.1) is 0 Å². The Bertz CT molecular complexity index is 1050. The predicted molar refractivity (Wildman–Crippen MR) is 110 cm³/mol. The van der Waals surface area contributed by atoms with Gasteiger partial charge >= 0.3 is 6.18 Å². The summed E-state index contributed by atoms with van der Waals surface area (Å²) in [5.41, 5.74) is 1.89. The Morgan fingerprint density at radius 3 is 2.45 bits per heavy atom. The number of hydrogen-bond acceptors (Lipinski definition) is 3. The summed E-state index contributed by atoms with van der Waals surface area (Å²) in [7, 11) is 1.80. The van der Waals surface area contributed by atoms with E-state index in [0.717, 1.165) is 29.1 Å². The van der Waals surface area contributed by atoms with E-state index in [1.165, 1.54) is 12.3 Å². The second kappa shape index (κ2) is 8.57. The number of nitrogens with one attached hydrogen (secondary N) is 1. The van der Waals surface area contributed by atoms with Gasteiger partial charge < -0.3 is 9.73 Å². The highest BCUT2D eigenvalue weighted by Gasteiger charge is 2.31. The largest absolute Gasteiger partial charge is 0.455 e. The Labute approximate surface area is 171 Å². The maximum Gasteiger partial charge on any atom is 0.416 e. The smallest absolute Gasteiger partial charge is 0.416 e. The molecule has 0 fully saturated rings. The lowest BCUT2D eigenvalue weighted by molar-refractivity contribution is -0.137. The average molecular weight is 419 g/mol. The van der Waals surface area contributed by atoms with Crippen molar-refractivity contribution in [2.24, 2.45) is 4.99 Å². The van der Waals surface area contributed by atoms with Crippen LogP contribution >= 0.6 is 11.6 Å². The van der Waals surface area contributed by atoms with Gasteiger partial charge in [0, 0.05) is 23.9 Å². The highest BCUT2D eigenvalue weighted by Crippen LogP contribution is 2.36. The molecule has 2 aromatic carbocycles. The zero-order valence-corrected chi connectivity index (χ0v) is 16.5. The van der Waals surface area contributed by atoms with E-state index in [-0.39, 0.29) is 16.3 Å². The van der Waals surface area contributed by atoms with E-state index in [9.17, 15) is 13.2 Å². The highest BCUT2D eigenvalue weighted by atomic mass is 35.5. The fourth-order valence-electron chi connectivity index (χ4n) is 2.69. The summed E-state index contributed by atoms with van der Waals surface area (Å²) in [6.07, 6.45) is -2.94. The monoisotopic (exact) mass is 418 g/mol. The minimum Gasteiger partial charge on any atom is -0.455 e. The number of rotatable bonds is 5. The van der Waals surface area contributed by atoms with E-state index < -0.39 is 11.7 Å². The molecule has 1 heterocycles. The Hall–Kier alpha value is -2.99. The second-order valence-corrected chi connectivity index (χ2v) is 6.65. The molecule has 0 unspecified atom stereocenters. The van der Waals surface area contributed by atoms with Gasteiger partial charge in [-0.3, -0.25) is 4.99 Å². The van der Waals surface area contributed by atoms with Gasteiger partial charge in [0.15, 0.2) is 0 Å². The molecular weight excluding hydrogens is 401 g/mol. The van der Waals surface area contributed by atoms with Crippen LogP contribution in [0.15, 0.2) is 75.8 Å². The normalized spacial score (nSPS) is 12.9. The molecule has 1 N–H and O–H groups in total. The van der Waals surface area contributed by atoms with Crippen molar-refractivity contribution >= 4 is 23.5 Å². The highest BCUT2D eigenvalue weighted by molar-refractivity contribution is 6.33. The quantitative estimate of drug-likeness (QED) is 0.471. The van der Waals surface area contributed by atoms with Gasteiger partial charge in [0.2, 0.25) is 0 Å². The van der Waals surface area contributed by atoms with Crippen LogP contribution in [0.25, 0.3) is 17.0 Å². The van der Waals surface area contributed by atoms with Crippen LogP contribution in [0.5, 0.6) is 0 Å². The van der Waals surface area contributed by atoms with Crippen molar-refractivity contribution in [3.8, 4) is 11.3 Å². The van der Waals surface area contributed by atoms with Crippen molar-refractivity contribution in [3.63, 3.8) is 0 Å². The van der Waals surface area contributed by atoms with Crippen LogP contribution in [0.3, 0.4) is 0 Å². The third kappa shape index (κ3) is 4.90. The number of benzene rings is 2. The molecule has 0 aliphatic heterocycles. The van der Waals surface area contributed by atoms with Crippen LogP contribution in [0, 0.1) is 0 Å². The Kier molecular flexibility index (Phi) is 6.13. The SMILES string of the molecule is CN/C(C)=C(\N=C\c1ccc(-c2cc(C(F)(F)F)ccc2Cl)o1)c1ccccc1. The zero-order valence-electron chi connectivity index (χ0n) is 15.7. The number of hydrogen-bond donors (Lipinski definition) is 1. The van der Waals surface area contributed by atoms with Gasteiger partial charge in [0.05, 0.1) is 22.5 Å². The van der Waals surface area contributed by atoms with Crippen LogP contribution in [0.1, 0.15) is 23.8 Å². The van der Waals surface area contributed by atoms with Crippen molar-refractivity contribution in [2.45, 2.75) is 13.1 Å². The summed E-state index contributed by atoms with van der Waals surface area (Å²) in [6.45, 7) is 1.90. The number of furan rings is 1. The molecule has 150 valence electrons. The number of aliphatic imine (C=N–C) groups is 1. The molecule has 3 nitrogen and oxygen atoms in total. The molecule has 0 saturated heterocycles. The van der Waals surface area contributed by atoms with E-state index in [4.69, 9.17) is 16.0 Å². The molecule has 3 aromatic rings. The average Bonchev–Trinajstić information content (AvgIpc) is 3.17. The van der Waals surface area contributed by atoms with Gasteiger partial charge in [-0.2, -0.15) is 13.2 Å². The first-order chi connectivity index (χ1) is 13.8. The molecule has 0 aliphatic carbocycles. The van der Waals surface area contributed by atoms with Crippen LogP contribution < -0.4 is 5.32 Å². The number of nitrogens with zero attached hydrogens (tertiary/aromatic N) is 1. The van der Waals surface area contributed by atoms with Crippen molar-refractivity contribution in [3.05, 3.63) is 88.3 Å². The maximum atomic E-state index is 13.0. The van der Waals surface area contributed by atoms with Crippen molar-refractivity contribution in [2.75, 3.05) is 7.05 Å². The van der Waals surface area contributed by atoms with E-state index in [1.807, 2.05) is 37.3 Å². The number of halogens is 4. The van der Waals surface area contributed by atoms with Crippen LogP contribution in [0.4, 0.5) is 13.2 Å². The Morgan fingerprint density at radius 1 is 1.07 bits per heavy atom. The number of alkyl halides is 3. The number of allylic oxidation sites excluding steroid dienone is 1. The zero-order chi connectivity index (χ0) is 21.0. The predicted octanol–water partition coefficient (Wildman–Crippen LogP) is 6.65. The molecular formula is C22H18ClF3N2O. The first kappa shape index (κ1) is 20.7. The van der Waals surface area contributed by atoms with Crippen molar-refractivity contribution in [1.29, 1.82) is 0 Å². The Balaban J connectivity index is 1.93. The molecule has 29 heavy (non-hydrogen) atoms. The van der Waals surface area contributed by atoms with Crippen molar-refractivity contribution in [1.82, 2.24) is 5.32 Å². The van der Waals surface area contributed by atoms with Gasteiger partial charge in [-0.1, -0.05) is 41.9 Å². The molecule has 7 heteroatoms. The van der Waals surface area contributed by atoms with Crippen LogP contribution in [-0.2, 0) is 6.18 Å². The maximum absolute atomic E-state index is 13.0. The van der Waals surface area contributed by atoms with E-state index >= 15 is 0 Å². The molecule has 0 radical (unpaired) electrons. The molecule has 3 rings (SSSR count). The fraction of sp³-hybridized carbons (Fsp3) is 0.136. The Morgan fingerprint density at radius 2 is 1.79 bits per heavy atom.